The van der Waals surface area contributed by atoms with Crippen molar-refractivity contribution in [1.29, 1.82) is 0 Å². The highest BCUT2D eigenvalue weighted by Gasteiger charge is 2.31. The van der Waals surface area contributed by atoms with Crippen LogP contribution in [0, 0.1) is 0 Å². The third kappa shape index (κ3) is 5.61. The lowest BCUT2D eigenvalue weighted by Crippen LogP contribution is -3.29. The molecule has 1 heterocycles. The summed E-state index contributed by atoms with van der Waals surface area (Å²) in [5, 5.41) is 3.21. The summed E-state index contributed by atoms with van der Waals surface area (Å²) in [6, 6.07) is 16.5. The zero-order valence-electron chi connectivity index (χ0n) is 18.8. The first-order chi connectivity index (χ1) is 14.5. The Balaban J connectivity index is 1.52. The van der Waals surface area contributed by atoms with Crippen molar-refractivity contribution in [3.05, 3.63) is 59.7 Å². The molecule has 5 nitrogen and oxygen atoms in total. The summed E-state index contributed by atoms with van der Waals surface area (Å²) in [7, 11) is 1.70. The van der Waals surface area contributed by atoms with E-state index in [0.29, 0.717) is 5.92 Å². The number of para-hydroxylation sites is 1. The maximum atomic E-state index is 13.0. The van der Waals surface area contributed by atoms with E-state index < -0.39 is 0 Å². The predicted octanol–water partition coefficient (Wildman–Crippen LogP) is 1.52. The minimum Gasteiger partial charge on any atom is -0.497 e. The van der Waals surface area contributed by atoms with E-state index >= 15 is 0 Å². The van der Waals surface area contributed by atoms with Gasteiger partial charge in [-0.05, 0) is 55.2 Å². The van der Waals surface area contributed by atoms with Crippen LogP contribution in [0.3, 0.4) is 0 Å². The molecular weight excluding hydrogens is 374 g/mol. The van der Waals surface area contributed by atoms with Crippen molar-refractivity contribution in [1.82, 2.24) is 0 Å². The van der Waals surface area contributed by atoms with Crippen LogP contribution in [0.4, 0.5) is 5.69 Å². The lowest BCUT2D eigenvalue weighted by atomic mass is 9.97. The average Bonchev–Trinajstić information content (AvgIpc) is 2.79. The highest BCUT2D eigenvalue weighted by Crippen LogP contribution is 2.26. The molecule has 2 atom stereocenters. The maximum Gasteiger partial charge on any atom is 0.282 e. The van der Waals surface area contributed by atoms with E-state index in [9.17, 15) is 4.79 Å². The van der Waals surface area contributed by atoms with E-state index in [0.717, 1.165) is 50.6 Å². The standard InChI is InChI=1S/C25H35N3O2/c1-5-19(2)23-8-6-7-9-24(23)26-25(29)20(3)28-16-14-27(15-17-28)18-21-10-12-22(30-4)13-11-21/h6-13,19-20H,5,14-18H2,1-4H3,(H,26,29)/p+2/t19-,20-/m0/s1. The van der Waals surface area contributed by atoms with Gasteiger partial charge >= 0.3 is 0 Å². The average molecular weight is 412 g/mol. The molecule has 1 amide bonds. The van der Waals surface area contributed by atoms with Gasteiger partial charge in [-0.2, -0.15) is 0 Å². The molecule has 0 bridgehead atoms. The van der Waals surface area contributed by atoms with Gasteiger partial charge in [-0.1, -0.05) is 32.0 Å². The van der Waals surface area contributed by atoms with E-state index in [4.69, 9.17) is 4.74 Å². The fourth-order valence-electron chi connectivity index (χ4n) is 4.25. The molecule has 0 aromatic heterocycles. The molecule has 162 valence electrons. The maximum absolute atomic E-state index is 13.0. The van der Waals surface area contributed by atoms with Crippen LogP contribution in [0.1, 0.15) is 44.2 Å². The lowest BCUT2D eigenvalue weighted by Gasteiger charge is -2.32. The molecule has 1 aliphatic heterocycles. The Labute approximate surface area is 181 Å². The number of nitrogens with one attached hydrogen (secondary N) is 3. The van der Waals surface area contributed by atoms with Crippen molar-refractivity contribution in [2.45, 2.75) is 45.7 Å². The fourth-order valence-corrected chi connectivity index (χ4v) is 4.25. The highest BCUT2D eigenvalue weighted by molar-refractivity contribution is 5.94. The summed E-state index contributed by atoms with van der Waals surface area (Å²) in [6.07, 6.45) is 1.06. The largest absolute Gasteiger partial charge is 0.497 e. The molecule has 0 saturated carbocycles. The van der Waals surface area contributed by atoms with Crippen molar-refractivity contribution < 1.29 is 19.3 Å². The smallest absolute Gasteiger partial charge is 0.282 e. The number of ether oxygens (including phenoxy) is 1. The summed E-state index contributed by atoms with van der Waals surface area (Å²) in [4.78, 5) is 15.9. The number of piperazine rings is 1. The van der Waals surface area contributed by atoms with Crippen LogP contribution in [-0.2, 0) is 11.3 Å². The second-order valence-corrected chi connectivity index (χ2v) is 8.54. The second kappa shape index (κ2) is 10.6. The van der Waals surface area contributed by atoms with Gasteiger partial charge < -0.3 is 19.9 Å². The molecule has 30 heavy (non-hydrogen) atoms. The van der Waals surface area contributed by atoms with Gasteiger partial charge in [0.1, 0.15) is 38.5 Å². The first-order valence-corrected chi connectivity index (χ1v) is 11.2. The van der Waals surface area contributed by atoms with E-state index in [1.807, 2.05) is 24.3 Å². The number of hydrogen-bond donors (Lipinski definition) is 3. The molecular formula is C25H37N3O2+2. The van der Waals surface area contributed by atoms with Gasteiger partial charge in [0, 0.05) is 11.3 Å². The number of hydrogen-bond acceptors (Lipinski definition) is 2. The van der Waals surface area contributed by atoms with Gasteiger partial charge in [0.15, 0.2) is 6.04 Å². The van der Waals surface area contributed by atoms with Gasteiger partial charge in [-0.25, -0.2) is 0 Å². The number of carbonyl (C=O) groups excluding carboxylic acids is 1. The van der Waals surface area contributed by atoms with E-state index in [1.54, 1.807) is 12.0 Å². The molecule has 3 N–H and O–H groups in total. The molecule has 1 saturated heterocycles. The summed E-state index contributed by atoms with van der Waals surface area (Å²) in [5.74, 6) is 1.46. The van der Waals surface area contributed by atoms with Gasteiger partial charge in [0.25, 0.3) is 5.91 Å². The number of carbonyl (C=O) groups is 1. The number of benzene rings is 2. The van der Waals surface area contributed by atoms with Gasteiger partial charge in [-0.15, -0.1) is 0 Å². The van der Waals surface area contributed by atoms with E-state index in [2.05, 4.69) is 50.4 Å². The fraction of sp³-hybridized carbons (Fsp3) is 0.480. The molecule has 0 spiro atoms. The van der Waals surface area contributed by atoms with Crippen LogP contribution < -0.4 is 19.9 Å². The molecule has 0 aliphatic carbocycles. The summed E-state index contributed by atoms with van der Waals surface area (Å²) in [6.45, 7) is 11.7. The Bertz CT molecular complexity index is 813. The Morgan fingerprint density at radius 2 is 1.70 bits per heavy atom. The third-order valence-electron chi connectivity index (χ3n) is 6.58. The van der Waals surface area contributed by atoms with Gasteiger partial charge in [0.2, 0.25) is 0 Å². The molecule has 0 unspecified atom stereocenters. The summed E-state index contributed by atoms with van der Waals surface area (Å²) in [5.41, 5.74) is 3.53. The van der Waals surface area contributed by atoms with Crippen LogP contribution >= 0.6 is 0 Å². The zero-order valence-corrected chi connectivity index (χ0v) is 18.8. The molecule has 5 heteroatoms. The molecule has 2 aromatic carbocycles. The number of anilines is 1. The number of amides is 1. The van der Waals surface area contributed by atoms with Crippen LogP contribution in [0.5, 0.6) is 5.75 Å². The van der Waals surface area contributed by atoms with E-state index in [-0.39, 0.29) is 11.9 Å². The Morgan fingerprint density at radius 3 is 2.33 bits per heavy atom. The number of methoxy groups -OCH3 is 1. The first kappa shape index (κ1) is 22.3. The van der Waals surface area contributed by atoms with Crippen LogP contribution in [0.25, 0.3) is 0 Å². The minimum atomic E-state index is -0.0440. The Kier molecular flexibility index (Phi) is 7.88. The van der Waals surface area contributed by atoms with Crippen LogP contribution in [-0.4, -0.2) is 45.2 Å². The SMILES string of the molecule is CC[C@H](C)c1ccccc1NC(=O)[C@H](C)[NH+]1CC[NH+](Cc2ccc(OC)cc2)CC1. The normalized spacial score (nSPS) is 20.9. The zero-order chi connectivity index (χ0) is 21.5. The van der Waals surface area contributed by atoms with Crippen molar-refractivity contribution in [2.24, 2.45) is 0 Å². The van der Waals surface area contributed by atoms with Gasteiger partial charge in [0.05, 0.1) is 7.11 Å². The second-order valence-electron chi connectivity index (χ2n) is 8.54. The van der Waals surface area contributed by atoms with Crippen LogP contribution in [0.2, 0.25) is 0 Å². The summed E-state index contributed by atoms with van der Waals surface area (Å²) < 4.78 is 5.24. The van der Waals surface area contributed by atoms with E-state index in [1.165, 1.54) is 16.0 Å². The molecule has 3 rings (SSSR count). The first-order valence-electron chi connectivity index (χ1n) is 11.2. The monoisotopic (exact) mass is 411 g/mol. The molecule has 1 fully saturated rings. The Morgan fingerprint density at radius 1 is 1.03 bits per heavy atom. The van der Waals surface area contributed by atoms with Crippen molar-refractivity contribution >= 4 is 11.6 Å². The summed E-state index contributed by atoms with van der Waals surface area (Å²) >= 11 is 0. The topological polar surface area (TPSA) is 47.2 Å². The minimum absolute atomic E-state index is 0.0440. The van der Waals surface area contributed by atoms with Crippen molar-refractivity contribution in [2.75, 3.05) is 38.6 Å². The molecule has 2 aromatic rings. The molecule has 0 radical (unpaired) electrons. The Hall–Kier alpha value is -2.37. The van der Waals surface area contributed by atoms with Crippen LogP contribution in [0.15, 0.2) is 48.5 Å². The lowest BCUT2D eigenvalue weighted by molar-refractivity contribution is -1.02. The third-order valence-corrected chi connectivity index (χ3v) is 6.58. The predicted molar refractivity (Wildman–Crippen MR) is 121 cm³/mol. The van der Waals surface area contributed by atoms with Gasteiger partial charge in [-0.3, -0.25) is 4.79 Å². The van der Waals surface area contributed by atoms with Crippen molar-refractivity contribution in [3.63, 3.8) is 0 Å². The number of rotatable bonds is 8. The molecule has 1 aliphatic rings. The van der Waals surface area contributed by atoms with Crippen molar-refractivity contribution in [3.8, 4) is 5.75 Å². The highest BCUT2D eigenvalue weighted by atomic mass is 16.5. The quantitative estimate of drug-likeness (QED) is 0.617. The number of quaternary nitrogens is 2.